The van der Waals surface area contributed by atoms with E-state index in [4.69, 9.17) is 18.5 Å². The summed E-state index contributed by atoms with van der Waals surface area (Å²) in [4.78, 5) is 37.1. The number of hydrogen-bond acceptors (Lipinski definition) is 8. The van der Waals surface area contributed by atoms with E-state index in [1.807, 2.05) is 21.1 Å². The highest BCUT2D eigenvalue weighted by atomic mass is 31.2. The average molecular weight is 676 g/mol. The van der Waals surface area contributed by atoms with Gasteiger partial charge in [-0.25, -0.2) is 0 Å². The normalized spacial score (nSPS) is 14.0. The lowest BCUT2D eigenvalue weighted by Gasteiger charge is -2.28. The van der Waals surface area contributed by atoms with Gasteiger partial charge in [0, 0.05) is 12.8 Å². The Kier molecular flexibility index (Phi) is 29.0. The molecule has 10 heteroatoms. The molecule has 0 saturated carbocycles. The first-order valence-corrected chi connectivity index (χ1v) is 19.9. The van der Waals surface area contributed by atoms with Gasteiger partial charge >= 0.3 is 11.9 Å². The van der Waals surface area contributed by atoms with Crippen LogP contribution in [0, 0.1) is 0 Å². The lowest BCUT2D eigenvalue weighted by molar-refractivity contribution is -0.870. The van der Waals surface area contributed by atoms with Crippen molar-refractivity contribution in [2.45, 2.75) is 161 Å². The number of nitrogens with zero attached hydrogens (tertiary/aromatic N) is 1. The van der Waals surface area contributed by atoms with Crippen molar-refractivity contribution in [3.05, 3.63) is 12.2 Å². The third-order valence-corrected chi connectivity index (χ3v) is 8.75. The zero-order valence-corrected chi connectivity index (χ0v) is 31.2. The maximum absolute atomic E-state index is 12.6. The number of carbonyl (C=O) groups is 2. The van der Waals surface area contributed by atoms with E-state index in [2.05, 4.69) is 26.0 Å². The summed E-state index contributed by atoms with van der Waals surface area (Å²) in [5.41, 5.74) is 0. The summed E-state index contributed by atoms with van der Waals surface area (Å²) in [5.74, 6) is -0.842. The molecule has 0 spiro atoms. The quantitative estimate of drug-likeness (QED) is 0.0223. The van der Waals surface area contributed by atoms with E-state index in [-0.39, 0.29) is 26.1 Å². The third kappa shape index (κ3) is 32.7. The lowest BCUT2D eigenvalue weighted by atomic mass is 10.1. The van der Waals surface area contributed by atoms with Gasteiger partial charge in [0.05, 0.1) is 27.7 Å². The van der Waals surface area contributed by atoms with Gasteiger partial charge in [0.25, 0.3) is 7.82 Å². The predicted octanol–water partition coefficient (Wildman–Crippen LogP) is 8.83. The summed E-state index contributed by atoms with van der Waals surface area (Å²) in [7, 11) is 1.17. The zero-order valence-electron chi connectivity index (χ0n) is 30.3. The van der Waals surface area contributed by atoms with Gasteiger partial charge in [0.1, 0.15) is 19.8 Å². The number of phosphoric ester groups is 1. The third-order valence-electron chi connectivity index (χ3n) is 7.79. The van der Waals surface area contributed by atoms with Crippen LogP contribution in [0.5, 0.6) is 0 Å². The Bertz CT molecular complexity index is 814. The molecule has 0 heterocycles. The van der Waals surface area contributed by atoms with Gasteiger partial charge in [0.2, 0.25) is 0 Å². The molecule has 0 radical (unpaired) electrons. The summed E-state index contributed by atoms with van der Waals surface area (Å²) >= 11 is 0. The van der Waals surface area contributed by atoms with Crippen molar-refractivity contribution in [1.29, 1.82) is 0 Å². The Labute approximate surface area is 282 Å². The van der Waals surface area contributed by atoms with Crippen LogP contribution in [-0.4, -0.2) is 70.0 Å². The van der Waals surface area contributed by atoms with Crippen LogP contribution in [0.3, 0.4) is 0 Å². The number of allylic oxidation sites excluding steroid dienone is 2. The molecule has 0 aliphatic heterocycles. The molecule has 0 aliphatic carbocycles. The van der Waals surface area contributed by atoms with Gasteiger partial charge in [-0.15, -0.1) is 0 Å². The van der Waals surface area contributed by atoms with E-state index in [1.54, 1.807) is 0 Å². The molecule has 46 heavy (non-hydrogen) atoms. The first-order chi connectivity index (χ1) is 22.0. The fourth-order valence-electron chi connectivity index (χ4n) is 4.81. The van der Waals surface area contributed by atoms with Crippen LogP contribution >= 0.6 is 7.82 Å². The van der Waals surface area contributed by atoms with Crippen molar-refractivity contribution in [2.24, 2.45) is 0 Å². The molecule has 0 bridgehead atoms. The number of ether oxygens (including phenoxy) is 2. The second-order valence-electron chi connectivity index (χ2n) is 13.6. The Hall–Kier alpha value is -1.25. The molecule has 0 amide bonds. The van der Waals surface area contributed by atoms with Crippen molar-refractivity contribution in [3.8, 4) is 0 Å². The van der Waals surface area contributed by atoms with E-state index in [0.717, 1.165) is 38.5 Å². The fraction of sp³-hybridized carbons (Fsp3) is 0.889. The van der Waals surface area contributed by atoms with Gasteiger partial charge in [-0.3, -0.25) is 14.2 Å². The van der Waals surface area contributed by atoms with E-state index >= 15 is 0 Å². The second-order valence-corrected chi connectivity index (χ2v) is 15.0. The molecule has 0 N–H and O–H groups in total. The number of hydrogen-bond donors (Lipinski definition) is 0. The number of likely N-dealkylation sites (N-methyl/N-ethyl adjacent to an activating group) is 1. The van der Waals surface area contributed by atoms with E-state index in [9.17, 15) is 19.0 Å². The number of esters is 2. The number of unbranched alkanes of at least 4 members (excludes halogenated alkanes) is 17. The second kappa shape index (κ2) is 29.9. The highest BCUT2D eigenvalue weighted by Gasteiger charge is 2.21. The van der Waals surface area contributed by atoms with Gasteiger partial charge in [-0.2, -0.15) is 0 Å². The van der Waals surface area contributed by atoms with Crippen LogP contribution in [0.2, 0.25) is 0 Å². The van der Waals surface area contributed by atoms with Crippen molar-refractivity contribution >= 4 is 19.8 Å². The summed E-state index contributed by atoms with van der Waals surface area (Å²) in [6, 6.07) is 0. The summed E-state index contributed by atoms with van der Waals surface area (Å²) < 4.78 is 33.6. The van der Waals surface area contributed by atoms with Gasteiger partial charge < -0.3 is 27.9 Å². The summed E-state index contributed by atoms with van der Waals surface area (Å²) in [5, 5.41) is 0. The summed E-state index contributed by atoms with van der Waals surface area (Å²) in [6.07, 6.45) is 26.8. The van der Waals surface area contributed by atoms with Gasteiger partial charge in [-0.1, -0.05) is 122 Å². The first-order valence-electron chi connectivity index (χ1n) is 18.4. The molecule has 0 fully saturated rings. The Morgan fingerprint density at radius 3 is 1.67 bits per heavy atom. The summed E-state index contributed by atoms with van der Waals surface area (Å²) in [6.45, 7) is 4.13. The minimum absolute atomic E-state index is 0.0288. The van der Waals surface area contributed by atoms with Crippen LogP contribution < -0.4 is 4.89 Å². The largest absolute Gasteiger partial charge is 0.756 e. The molecule has 0 aromatic rings. The molecule has 1 unspecified atom stereocenters. The molecule has 0 aliphatic rings. The van der Waals surface area contributed by atoms with Gasteiger partial charge in [0.15, 0.2) is 6.10 Å². The van der Waals surface area contributed by atoms with Crippen LogP contribution in [-0.2, 0) is 32.7 Å². The number of phosphoric acid groups is 1. The molecule has 9 nitrogen and oxygen atoms in total. The zero-order chi connectivity index (χ0) is 34.4. The van der Waals surface area contributed by atoms with E-state index < -0.39 is 32.5 Å². The van der Waals surface area contributed by atoms with E-state index in [1.165, 1.54) is 83.5 Å². The number of carbonyl (C=O) groups excluding carboxylic acids is 2. The lowest BCUT2D eigenvalue weighted by Crippen LogP contribution is -2.37. The van der Waals surface area contributed by atoms with Gasteiger partial charge in [-0.05, 0) is 32.1 Å². The van der Waals surface area contributed by atoms with Crippen LogP contribution in [0.1, 0.15) is 155 Å². The maximum atomic E-state index is 12.6. The van der Waals surface area contributed by atoms with Crippen molar-refractivity contribution in [2.75, 3.05) is 47.5 Å². The van der Waals surface area contributed by atoms with Crippen LogP contribution in [0.25, 0.3) is 0 Å². The molecule has 2 atom stereocenters. The van der Waals surface area contributed by atoms with Crippen molar-refractivity contribution in [3.63, 3.8) is 0 Å². The Morgan fingerprint density at radius 1 is 0.652 bits per heavy atom. The SMILES string of the molecule is CCCC/C=C/CCCCCCCCCCCC(=O)O[C@H](COC(=O)CCCCCCCCC)COP(=O)([O-])OCC[N+](C)(C)C. The van der Waals surface area contributed by atoms with Crippen LogP contribution in [0.4, 0.5) is 0 Å². The topological polar surface area (TPSA) is 111 Å². The monoisotopic (exact) mass is 675 g/mol. The Morgan fingerprint density at radius 2 is 1.13 bits per heavy atom. The van der Waals surface area contributed by atoms with Crippen molar-refractivity contribution < 1.29 is 42.1 Å². The molecule has 0 aromatic heterocycles. The maximum Gasteiger partial charge on any atom is 0.306 e. The number of rotatable bonds is 33. The first kappa shape index (κ1) is 44.8. The Balaban J connectivity index is 4.39. The highest BCUT2D eigenvalue weighted by molar-refractivity contribution is 7.45. The molecule has 0 saturated heterocycles. The standard InChI is InChI=1S/C36H70NO8P/c1-6-8-10-12-14-15-16-17-18-19-20-21-23-25-27-29-36(39)45-34(33-44-46(40,41)43-31-30-37(3,4)5)32-42-35(38)28-26-24-22-13-11-9-7-2/h12,14,34H,6-11,13,15-33H2,1-5H3/b14-12+/t34-/m1/s1. The van der Waals surface area contributed by atoms with E-state index in [0.29, 0.717) is 17.4 Å². The predicted molar refractivity (Wildman–Crippen MR) is 185 cm³/mol. The molecule has 0 aromatic carbocycles. The average Bonchev–Trinajstić information content (AvgIpc) is 2.99. The smallest absolute Gasteiger partial charge is 0.306 e. The molecular weight excluding hydrogens is 605 g/mol. The van der Waals surface area contributed by atoms with Crippen LogP contribution in [0.15, 0.2) is 12.2 Å². The number of quaternary nitrogens is 1. The van der Waals surface area contributed by atoms with Crippen molar-refractivity contribution in [1.82, 2.24) is 0 Å². The minimum atomic E-state index is -4.61. The fourth-order valence-corrected chi connectivity index (χ4v) is 5.54. The molecule has 0 rings (SSSR count). The molecular formula is C36H70NO8P. The molecule has 272 valence electrons. The highest BCUT2D eigenvalue weighted by Crippen LogP contribution is 2.38. The minimum Gasteiger partial charge on any atom is -0.756 e.